The Morgan fingerprint density at radius 3 is 2.48 bits per heavy atom. The molecule has 21 heavy (non-hydrogen) atoms. The van der Waals surface area contributed by atoms with Gasteiger partial charge in [-0.2, -0.15) is 4.98 Å². The molecule has 0 fully saturated rings. The van der Waals surface area contributed by atoms with Gasteiger partial charge in [0.05, 0.1) is 18.2 Å². The quantitative estimate of drug-likeness (QED) is 0.716. The number of aromatic nitrogens is 3. The maximum atomic E-state index is 12.2. The highest BCUT2D eigenvalue weighted by Crippen LogP contribution is 2.21. The number of ether oxygens (including phenoxy) is 1. The van der Waals surface area contributed by atoms with E-state index in [9.17, 15) is 4.79 Å². The molecule has 0 aliphatic rings. The van der Waals surface area contributed by atoms with Crippen LogP contribution in [-0.4, -0.2) is 21.6 Å². The molecule has 0 amide bonds. The van der Waals surface area contributed by atoms with Crippen molar-refractivity contribution in [2.45, 2.75) is 0 Å². The van der Waals surface area contributed by atoms with Gasteiger partial charge in [0.25, 0.3) is 5.56 Å². The van der Waals surface area contributed by atoms with E-state index in [1.165, 1.54) is 11.7 Å². The normalized spacial score (nSPS) is 10.8. The summed E-state index contributed by atoms with van der Waals surface area (Å²) in [5.41, 5.74) is 1.93. The molecule has 1 aromatic carbocycles. The van der Waals surface area contributed by atoms with E-state index in [2.05, 4.69) is 25.9 Å². The van der Waals surface area contributed by atoms with Crippen LogP contribution in [0.25, 0.3) is 22.3 Å². The molecule has 106 valence electrons. The van der Waals surface area contributed by atoms with Gasteiger partial charge >= 0.3 is 6.01 Å². The molecule has 0 saturated heterocycles. The van der Waals surface area contributed by atoms with Crippen LogP contribution in [0.2, 0.25) is 0 Å². The van der Waals surface area contributed by atoms with Crippen molar-refractivity contribution in [1.29, 1.82) is 0 Å². The number of fused-ring (bicyclic) bond motifs is 1. The molecule has 0 N–H and O–H groups in total. The number of methoxy groups -OCH3 is 1. The molecule has 6 heteroatoms. The van der Waals surface area contributed by atoms with Gasteiger partial charge in [0.1, 0.15) is 0 Å². The minimum absolute atomic E-state index is 0.174. The molecule has 0 aliphatic heterocycles. The summed E-state index contributed by atoms with van der Waals surface area (Å²) in [5.74, 6) is 0. The van der Waals surface area contributed by atoms with Gasteiger partial charge in [-0.15, -0.1) is 0 Å². The Morgan fingerprint density at radius 2 is 1.81 bits per heavy atom. The number of pyridine rings is 1. The third-order valence-electron chi connectivity index (χ3n) is 3.22. The summed E-state index contributed by atoms with van der Waals surface area (Å²) in [6.45, 7) is 0. The molecular weight excluding hydrogens is 334 g/mol. The monoisotopic (exact) mass is 345 g/mol. The highest BCUT2D eigenvalue weighted by atomic mass is 79.9. The van der Waals surface area contributed by atoms with Crippen LogP contribution in [0, 0.1) is 0 Å². The van der Waals surface area contributed by atoms with Crippen LogP contribution in [0.5, 0.6) is 6.01 Å². The van der Waals surface area contributed by atoms with Gasteiger partial charge < -0.3 is 4.74 Å². The van der Waals surface area contributed by atoms with Crippen LogP contribution < -0.4 is 10.3 Å². The van der Waals surface area contributed by atoms with Gasteiger partial charge in [-0.1, -0.05) is 28.1 Å². The fourth-order valence-electron chi connectivity index (χ4n) is 2.10. The van der Waals surface area contributed by atoms with Gasteiger partial charge in [0.2, 0.25) is 0 Å². The Hall–Kier alpha value is -2.21. The molecule has 3 rings (SSSR count). The van der Waals surface area contributed by atoms with Gasteiger partial charge in [-0.25, -0.2) is 4.98 Å². The third kappa shape index (κ3) is 2.42. The molecule has 3 aromatic rings. The van der Waals surface area contributed by atoms with Crippen molar-refractivity contribution in [3.05, 3.63) is 51.2 Å². The van der Waals surface area contributed by atoms with E-state index < -0.39 is 0 Å². The molecule has 0 radical (unpaired) electrons. The summed E-state index contributed by atoms with van der Waals surface area (Å²) >= 11 is 3.40. The summed E-state index contributed by atoms with van der Waals surface area (Å²) in [5, 5.41) is 0.471. The number of hydrogen-bond acceptors (Lipinski definition) is 4. The Bertz CT molecular complexity index is 872. The highest BCUT2D eigenvalue weighted by Gasteiger charge is 2.10. The average Bonchev–Trinajstić information content (AvgIpc) is 2.51. The molecule has 2 aromatic heterocycles. The zero-order valence-electron chi connectivity index (χ0n) is 11.5. The minimum Gasteiger partial charge on any atom is -0.468 e. The number of hydrogen-bond donors (Lipinski definition) is 0. The zero-order valence-corrected chi connectivity index (χ0v) is 13.1. The van der Waals surface area contributed by atoms with E-state index in [1.54, 1.807) is 13.1 Å². The van der Waals surface area contributed by atoms with E-state index in [1.807, 2.05) is 30.3 Å². The van der Waals surface area contributed by atoms with Crippen LogP contribution in [-0.2, 0) is 7.05 Å². The standard InChI is InChI=1S/C15H12BrN3O2/c1-19-14(20)11-7-8-12(9-3-5-10(16)6-4-9)17-13(11)18-15(19)21-2/h3-8H,1-2H3. The Labute approximate surface area is 129 Å². The van der Waals surface area contributed by atoms with E-state index in [4.69, 9.17) is 4.74 Å². The van der Waals surface area contributed by atoms with Gasteiger partial charge in [0, 0.05) is 17.1 Å². The van der Waals surface area contributed by atoms with Crippen molar-refractivity contribution in [2.75, 3.05) is 7.11 Å². The van der Waals surface area contributed by atoms with E-state index in [0.29, 0.717) is 11.0 Å². The van der Waals surface area contributed by atoms with Crippen LogP contribution in [0.15, 0.2) is 45.7 Å². The van der Waals surface area contributed by atoms with E-state index in [-0.39, 0.29) is 11.6 Å². The number of rotatable bonds is 2. The molecule has 0 aliphatic carbocycles. The summed E-state index contributed by atoms with van der Waals surface area (Å²) in [6.07, 6.45) is 0. The highest BCUT2D eigenvalue weighted by molar-refractivity contribution is 9.10. The van der Waals surface area contributed by atoms with Crippen molar-refractivity contribution >= 4 is 27.0 Å². The fraction of sp³-hybridized carbons (Fsp3) is 0.133. The number of benzene rings is 1. The number of halogens is 1. The minimum atomic E-state index is -0.174. The molecule has 0 unspecified atom stereocenters. The predicted molar refractivity (Wildman–Crippen MR) is 84.5 cm³/mol. The number of nitrogens with zero attached hydrogens (tertiary/aromatic N) is 3. The van der Waals surface area contributed by atoms with Gasteiger partial charge in [-0.3, -0.25) is 9.36 Å². The van der Waals surface area contributed by atoms with Crippen molar-refractivity contribution in [3.63, 3.8) is 0 Å². The van der Waals surface area contributed by atoms with Crippen LogP contribution in [0.4, 0.5) is 0 Å². The Kier molecular flexibility index (Phi) is 3.47. The zero-order chi connectivity index (χ0) is 15.0. The first kappa shape index (κ1) is 13.8. The molecule has 5 nitrogen and oxygen atoms in total. The van der Waals surface area contributed by atoms with Crippen molar-refractivity contribution in [2.24, 2.45) is 7.05 Å². The Morgan fingerprint density at radius 1 is 1.10 bits per heavy atom. The van der Waals surface area contributed by atoms with E-state index >= 15 is 0 Å². The first-order chi connectivity index (χ1) is 10.1. The maximum Gasteiger partial charge on any atom is 0.300 e. The molecule has 0 bridgehead atoms. The topological polar surface area (TPSA) is 57.0 Å². The first-order valence-corrected chi connectivity index (χ1v) is 7.07. The Balaban J connectivity index is 2.22. The summed E-state index contributed by atoms with van der Waals surface area (Å²) in [6, 6.07) is 11.6. The van der Waals surface area contributed by atoms with Crippen molar-refractivity contribution < 1.29 is 4.74 Å². The molecule has 2 heterocycles. The summed E-state index contributed by atoms with van der Waals surface area (Å²) in [4.78, 5) is 20.9. The average molecular weight is 346 g/mol. The van der Waals surface area contributed by atoms with Gasteiger partial charge in [0.15, 0.2) is 5.65 Å². The van der Waals surface area contributed by atoms with E-state index in [0.717, 1.165) is 15.7 Å². The molecule has 0 spiro atoms. The van der Waals surface area contributed by atoms with Crippen molar-refractivity contribution in [1.82, 2.24) is 14.5 Å². The lowest BCUT2D eigenvalue weighted by Gasteiger charge is -2.08. The second-order valence-corrected chi connectivity index (χ2v) is 5.45. The maximum absolute atomic E-state index is 12.2. The lowest BCUT2D eigenvalue weighted by Crippen LogP contribution is -2.20. The third-order valence-corrected chi connectivity index (χ3v) is 3.75. The predicted octanol–water partition coefficient (Wildman–Crippen LogP) is 2.77. The molecular formula is C15H12BrN3O2. The molecule has 0 atom stereocenters. The largest absolute Gasteiger partial charge is 0.468 e. The van der Waals surface area contributed by atoms with Crippen LogP contribution in [0.1, 0.15) is 0 Å². The fourth-order valence-corrected chi connectivity index (χ4v) is 2.36. The summed E-state index contributed by atoms with van der Waals surface area (Å²) in [7, 11) is 3.10. The van der Waals surface area contributed by atoms with Crippen molar-refractivity contribution in [3.8, 4) is 17.3 Å². The smallest absolute Gasteiger partial charge is 0.300 e. The second kappa shape index (κ2) is 5.29. The van der Waals surface area contributed by atoms with Gasteiger partial charge in [-0.05, 0) is 24.3 Å². The van der Waals surface area contributed by atoms with Crippen LogP contribution in [0.3, 0.4) is 0 Å². The second-order valence-electron chi connectivity index (χ2n) is 4.54. The lowest BCUT2D eigenvalue weighted by atomic mass is 10.1. The van der Waals surface area contributed by atoms with Crippen LogP contribution >= 0.6 is 15.9 Å². The first-order valence-electron chi connectivity index (χ1n) is 6.28. The lowest BCUT2D eigenvalue weighted by molar-refractivity contribution is 0.359. The SMILES string of the molecule is COc1nc2nc(-c3ccc(Br)cc3)ccc2c(=O)n1C. The summed E-state index contributed by atoms with van der Waals surface area (Å²) < 4.78 is 7.47. The molecule has 0 saturated carbocycles.